The van der Waals surface area contributed by atoms with Crippen molar-refractivity contribution >= 4 is 23.8 Å². The molecule has 1 N–H and O–H groups in total. The highest BCUT2D eigenvalue weighted by molar-refractivity contribution is 6.01. The highest BCUT2D eigenvalue weighted by Crippen LogP contribution is 2.71. The Kier molecular flexibility index (Phi) is 4.43. The van der Waals surface area contributed by atoms with E-state index in [9.17, 15) is 19.5 Å². The monoisotopic (exact) mass is 445 g/mol. The number of hydrogen-bond acceptors (Lipinski definition) is 7. The number of aliphatic hydroxyl groups is 1. The van der Waals surface area contributed by atoms with Crippen LogP contribution in [0, 0.1) is 28.6 Å². The summed E-state index contributed by atoms with van der Waals surface area (Å²) in [7, 11) is 0. The second kappa shape index (κ2) is 6.59. The first-order valence-corrected chi connectivity index (χ1v) is 11.2. The molecule has 3 fully saturated rings. The predicted octanol–water partition coefficient (Wildman–Crippen LogP) is 2.47. The van der Waals surface area contributed by atoms with E-state index in [4.69, 9.17) is 9.57 Å². The number of hydrogen-bond donors (Lipinski definition) is 1. The molecule has 0 spiro atoms. The predicted molar refractivity (Wildman–Crippen MR) is 111 cm³/mol. The van der Waals surface area contributed by atoms with Crippen molar-refractivity contribution in [1.29, 1.82) is 0 Å². The minimum Gasteiger partial charge on any atom is -0.458 e. The summed E-state index contributed by atoms with van der Waals surface area (Å²) in [6.45, 7) is 4.41. The molecule has 4 aliphatic carbocycles. The van der Waals surface area contributed by atoms with E-state index in [0.717, 1.165) is 0 Å². The van der Waals surface area contributed by atoms with Crippen molar-refractivity contribution in [1.82, 2.24) is 0 Å². The van der Waals surface area contributed by atoms with E-state index in [2.05, 4.69) is 5.16 Å². The maximum absolute atomic E-state index is 17.1. The van der Waals surface area contributed by atoms with Crippen LogP contribution >= 0.6 is 0 Å². The second-order valence-electron chi connectivity index (χ2n) is 10.4. The second-order valence-corrected chi connectivity index (χ2v) is 10.4. The van der Waals surface area contributed by atoms with Crippen molar-refractivity contribution in [3.05, 3.63) is 23.8 Å². The Morgan fingerprint density at radius 3 is 2.81 bits per heavy atom. The molecule has 8 heteroatoms. The summed E-state index contributed by atoms with van der Waals surface area (Å²) >= 11 is 0. The molecule has 0 aromatic carbocycles. The SMILES string of the molecule is CC(=O)OCC(=O)[C@@]12ON=C[C@@H]1CC1C3CCC4=CC(=O)C=C[C@]4(C)[C@@]3(F)[C@@H](O)C[C@@]12C. The van der Waals surface area contributed by atoms with Crippen LogP contribution in [0.25, 0.3) is 0 Å². The number of ketones is 2. The number of alkyl halides is 1. The van der Waals surface area contributed by atoms with Crippen LogP contribution in [0.15, 0.2) is 29.0 Å². The van der Waals surface area contributed by atoms with Crippen molar-refractivity contribution in [2.24, 2.45) is 33.7 Å². The van der Waals surface area contributed by atoms with E-state index in [1.54, 1.807) is 19.2 Å². The Morgan fingerprint density at radius 2 is 2.09 bits per heavy atom. The molecular formula is C24H28FNO6. The lowest BCUT2D eigenvalue weighted by Gasteiger charge is -2.62. The average molecular weight is 445 g/mol. The van der Waals surface area contributed by atoms with Crippen molar-refractivity contribution in [2.75, 3.05) is 6.61 Å². The molecule has 32 heavy (non-hydrogen) atoms. The van der Waals surface area contributed by atoms with Crippen molar-refractivity contribution < 1.29 is 33.5 Å². The maximum Gasteiger partial charge on any atom is 0.303 e. The number of nitrogens with zero attached hydrogens (tertiary/aromatic N) is 1. The summed E-state index contributed by atoms with van der Waals surface area (Å²) in [5.41, 5.74) is -4.65. The van der Waals surface area contributed by atoms with Gasteiger partial charge in [-0.2, -0.15) is 0 Å². The third kappa shape index (κ3) is 2.34. The van der Waals surface area contributed by atoms with Crippen LogP contribution in [0.3, 0.4) is 0 Å². The Bertz CT molecular complexity index is 1000. The molecule has 172 valence electrons. The standard InChI is InChI=1S/C24H28FNO6/c1-13(27)31-12-20(30)24-15(11-26-32-24)9-18-17-5-4-14-8-16(28)6-7-21(14,2)23(17,25)19(29)10-22(18,24)3/h6-8,11,15,17-19,29H,4-5,9-10,12H2,1-3H3/t15-,17?,18?,19-,21-,22-,23-,24-/m0/s1. The molecule has 0 radical (unpaired) electrons. The van der Waals surface area contributed by atoms with Crippen LogP contribution < -0.4 is 0 Å². The molecule has 5 aliphatic rings. The highest BCUT2D eigenvalue weighted by atomic mass is 19.1. The highest BCUT2D eigenvalue weighted by Gasteiger charge is 2.78. The normalized spacial score (nSPS) is 48.2. The summed E-state index contributed by atoms with van der Waals surface area (Å²) in [6, 6.07) is 0. The Labute approximate surface area is 185 Å². The van der Waals surface area contributed by atoms with Gasteiger partial charge in [-0.3, -0.25) is 14.4 Å². The van der Waals surface area contributed by atoms with E-state index >= 15 is 4.39 Å². The van der Waals surface area contributed by atoms with Gasteiger partial charge in [0.25, 0.3) is 0 Å². The van der Waals surface area contributed by atoms with Crippen LogP contribution in [0.5, 0.6) is 0 Å². The molecule has 7 nitrogen and oxygen atoms in total. The van der Waals surface area contributed by atoms with E-state index in [1.807, 2.05) is 6.92 Å². The van der Waals surface area contributed by atoms with Gasteiger partial charge in [0.1, 0.15) is 0 Å². The number of fused-ring (bicyclic) bond motifs is 7. The van der Waals surface area contributed by atoms with E-state index in [-0.39, 0.29) is 24.0 Å². The van der Waals surface area contributed by atoms with E-state index < -0.39 is 52.5 Å². The number of carbonyl (C=O) groups is 3. The molecule has 0 aromatic heterocycles. The first kappa shape index (κ1) is 21.5. The number of oxime groups is 1. The van der Waals surface area contributed by atoms with Gasteiger partial charge in [-0.05, 0) is 50.7 Å². The topological polar surface area (TPSA) is 102 Å². The number of rotatable bonds is 3. The largest absolute Gasteiger partial charge is 0.458 e. The van der Waals surface area contributed by atoms with E-state index in [0.29, 0.717) is 24.8 Å². The Morgan fingerprint density at radius 1 is 1.34 bits per heavy atom. The van der Waals surface area contributed by atoms with Crippen LogP contribution in [-0.2, 0) is 24.0 Å². The van der Waals surface area contributed by atoms with Crippen molar-refractivity contribution in [3.63, 3.8) is 0 Å². The number of ether oxygens (including phenoxy) is 1. The quantitative estimate of drug-likeness (QED) is 0.670. The van der Waals surface area contributed by atoms with Gasteiger partial charge >= 0.3 is 5.97 Å². The van der Waals surface area contributed by atoms with Crippen molar-refractivity contribution in [2.45, 2.75) is 63.8 Å². The number of halogens is 1. The fourth-order valence-corrected chi connectivity index (χ4v) is 7.66. The summed E-state index contributed by atoms with van der Waals surface area (Å²) < 4.78 is 22.1. The molecule has 0 aromatic rings. The molecule has 8 atom stereocenters. The summed E-state index contributed by atoms with van der Waals surface area (Å²) in [5.74, 6) is -2.32. The molecule has 2 unspecified atom stereocenters. The van der Waals surface area contributed by atoms with Crippen LogP contribution in [0.2, 0.25) is 0 Å². The fraction of sp³-hybridized carbons (Fsp3) is 0.667. The number of allylic oxidation sites excluding steroid dienone is 4. The number of aliphatic hydroxyl groups excluding tert-OH is 1. The molecule has 5 rings (SSSR count). The summed E-state index contributed by atoms with van der Waals surface area (Å²) in [5, 5.41) is 15.3. The lowest BCUT2D eigenvalue weighted by Crippen LogP contribution is -2.69. The lowest BCUT2D eigenvalue weighted by molar-refractivity contribution is -0.225. The molecule has 1 aliphatic heterocycles. The average Bonchev–Trinajstić information content (AvgIpc) is 3.25. The zero-order valence-electron chi connectivity index (χ0n) is 18.5. The van der Waals surface area contributed by atoms with Gasteiger partial charge in [-0.25, -0.2) is 4.39 Å². The minimum atomic E-state index is -1.98. The molecule has 0 bridgehead atoms. The van der Waals surface area contributed by atoms with Gasteiger partial charge in [0.05, 0.1) is 12.3 Å². The number of esters is 1. The van der Waals surface area contributed by atoms with Gasteiger partial charge in [0.2, 0.25) is 11.4 Å². The first-order valence-electron chi connectivity index (χ1n) is 11.2. The molecule has 3 saturated carbocycles. The minimum absolute atomic E-state index is 0.000987. The number of Topliss-reactive ketones (excluding diaryl/α,β-unsaturated/α-hetero) is 1. The molecule has 0 amide bonds. The summed E-state index contributed by atoms with van der Waals surface area (Å²) in [4.78, 5) is 42.4. The fourth-order valence-electron chi connectivity index (χ4n) is 7.66. The smallest absolute Gasteiger partial charge is 0.303 e. The number of carbonyl (C=O) groups excluding carboxylic acids is 3. The Balaban J connectivity index is 1.58. The zero-order valence-corrected chi connectivity index (χ0v) is 18.5. The van der Waals surface area contributed by atoms with Gasteiger partial charge in [0, 0.05) is 29.6 Å². The van der Waals surface area contributed by atoms with Crippen LogP contribution in [0.4, 0.5) is 4.39 Å². The molecular weight excluding hydrogens is 417 g/mol. The van der Waals surface area contributed by atoms with Gasteiger partial charge in [-0.1, -0.05) is 23.7 Å². The zero-order chi connectivity index (χ0) is 23.1. The maximum atomic E-state index is 17.1. The van der Waals surface area contributed by atoms with Crippen molar-refractivity contribution in [3.8, 4) is 0 Å². The molecule has 1 heterocycles. The molecule has 0 saturated heterocycles. The third-order valence-corrected chi connectivity index (χ3v) is 9.17. The van der Waals surface area contributed by atoms with Gasteiger partial charge < -0.3 is 14.7 Å². The third-order valence-electron chi connectivity index (χ3n) is 9.17. The summed E-state index contributed by atoms with van der Waals surface area (Å²) in [6.07, 6.45) is 6.23. The van der Waals surface area contributed by atoms with Crippen LogP contribution in [0.1, 0.15) is 46.5 Å². The van der Waals surface area contributed by atoms with Gasteiger partial charge in [0.15, 0.2) is 18.1 Å². The van der Waals surface area contributed by atoms with E-state index in [1.165, 1.54) is 19.1 Å². The Hall–Kier alpha value is -2.35. The van der Waals surface area contributed by atoms with Crippen LogP contribution in [-0.4, -0.2) is 52.8 Å². The van der Waals surface area contributed by atoms with Gasteiger partial charge in [-0.15, -0.1) is 0 Å². The lowest BCUT2D eigenvalue weighted by atomic mass is 9.44. The first-order chi connectivity index (χ1) is 15.0.